The largest absolute Gasteiger partial charge is 0.495 e. The van der Waals surface area contributed by atoms with Crippen LogP contribution in [0.5, 0.6) is 5.75 Å². The second kappa shape index (κ2) is 9.13. The Morgan fingerprint density at radius 1 is 1.17 bits per heavy atom. The number of carbonyl (C=O) groups is 1. The minimum atomic E-state index is -3.81. The van der Waals surface area contributed by atoms with Crippen LogP contribution in [0.3, 0.4) is 0 Å². The maximum atomic E-state index is 13.1. The smallest absolute Gasteiger partial charge is 0.251 e. The molecule has 0 saturated carbocycles. The topological polar surface area (TPSA) is 84.9 Å². The highest BCUT2D eigenvalue weighted by Crippen LogP contribution is 2.28. The van der Waals surface area contributed by atoms with Gasteiger partial charge in [-0.25, -0.2) is 8.42 Å². The molecule has 9 heteroatoms. The molecule has 1 atom stereocenters. The first-order valence-corrected chi connectivity index (χ1v) is 11.0. The van der Waals surface area contributed by atoms with Crippen LogP contribution in [-0.2, 0) is 14.8 Å². The molecule has 0 spiro atoms. The van der Waals surface area contributed by atoms with Crippen molar-refractivity contribution in [2.45, 2.75) is 17.9 Å². The minimum Gasteiger partial charge on any atom is -0.495 e. The highest BCUT2D eigenvalue weighted by atomic mass is 35.5. The number of halogens is 1. The van der Waals surface area contributed by atoms with Gasteiger partial charge in [-0.2, -0.15) is 4.31 Å². The van der Waals surface area contributed by atoms with Crippen molar-refractivity contribution in [2.24, 2.45) is 0 Å². The van der Waals surface area contributed by atoms with E-state index in [0.29, 0.717) is 18.2 Å². The number of rotatable bonds is 6. The van der Waals surface area contributed by atoms with Gasteiger partial charge in [0, 0.05) is 23.7 Å². The van der Waals surface area contributed by atoms with E-state index >= 15 is 0 Å². The van der Waals surface area contributed by atoms with E-state index in [1.165, 1.54) is 23.5 Å². The van der Waals surface area contributed by atoms with Crippen LogP contribution in [0.4, 0.5) is 0 Å². The maximum Gasteiger partial charge on any atom is 0.251 e. The average molecular weight is 439 g/mol. The predicted octanol–water partition coefficient (Wildman–Crippen LogP) is 2.86. The van der Waals surface area contributed by atoms with E-state index in [1.807, 2.05) is 19.1 Å². The molecule has 1 aliphatic rings. The number of hydrogen-bond donors (Lipinski definition) is 1. The second-order valence-corrected chi connectivity index (χ2v) is 8.97. The summed E-state index contributed by atoms with van der Waals surface area (Å²) in [5.74, 6) is -0.188. The van der Waals surface area contributed by atoms with Gasteiger partial charge in [-0.05, 0) is 42.8 Å². The van der Waals surface area contributed by atoms with E-state index < -0.39 is 10.0 Å². The molecule has 0 aromatic heterocycles. The summed E-state index contributed by atoms with van der Waals surface area (Å²) < 4.78 is 37.9. The molecule has 1 N–H and O–H groups in total. The van der Waals surface area contributed by atoms with Crippen LogP contribution in [0.1, 0.15) is 28.9 Å². The molecular weight excluding hydrogens is 416 g/mol. The van der Waals surface area contributed by atoms with Crippen LogP contribution in [0.2, 0.25) is 5.02 Å². The fourth-order valence-electron chi connectivity index (χ4n) is 3.06. The van der Waals surface area contributed by atoms with Gasteiger partial charge in [0.15, 0.2) is 0 Å². The fraction of sp³-hybridized carbons (Fsp3) is 0.350. The Bertz CT molecular complexity index is 973. The van der Waals surface area contributed by atoms with Crippen molar-refractivity contribution in [3.8, 4) is 5.75 Å². The van der Waals surface area contributed by atoms with Gasteiger partial charge in [0.1, 0.15) is 10.6 Å². The second-order valence-electron chi connectivity index (χ2n) is 6.63. The number of sulfonamides is 1. The van der Waals surface area contributed by atoms with Gasteiger partial charge in [-0.1, -0.05) is 23.7 Å². The normalized spacial score (nSPS) is 16.2. The predicted molar refractivity (Wildman–Crippen MR) is 110 cm³/mol. The number of ether oxygens (including phenoxy) is 2. The van der Waals surface area contributed by atoms with E-state index in [9.17, 15) is 13.2 Å². The van der Waals surface area contributed by atoms with Crippen molar-refractivity contribution < 1.29 is 22.7 Å². The summed E-state index contributed by atoms with van der Waals surface area (Å²) in [6.45, 7) is 3.03. The van der Waals surface area contributed by atoms with E-state index in [0.717, 1.165) is 5.56 Å². The molecule has 0 aliphatic carbocycles. The third-order valence-electron chi connectivity index (χ3n) is 4.73. The first-order chi connectivity index (χ1) is 13.8. The number of amides is 1. The van der Waals surface area contributed by atoms with Crippen LogP contribution in [0, 0.1) is 0 Å². The summed E-state index contributed by atoms with van der Waals surface area (Å²) in [7, 11) is -2.41. The van der Waals surface area contributed by atoms with Gasteiger partial charge in [-0.15, -0.1) is 0 Å². The summed E-state index contributed by atoms with van der Waals surface area (Å²) in [6.07, 6.45) is 0. The summed E-state index contributed by atoms with van der Waals surface area (Å²) in [6, 6.07) is 11.3. The van der Waals surface area contributed by atoms with Gasteiger partial charge in [-0.3, -0.25) is 4.79 Å². The third-order valence-corrected chi connectivity index (χ3v) is 6.90. The van der Waals surface area contributed by atoms with Crippen LogP contribution in [-0.4, -0.2) is 52.0 Å². The molecule has 1 heterocycles. The Labute approximate surface area is 175 Å². The van der Waals surface area contributed by atoms with Gasteiger partial charge in [0.2, 0.25) is 10.0 Å². The van der Waals surface area contributed by atoms with E-state index in [2.05, 4.69) is 5.32 Å². The van der Waals surface area contributed by atoms with Gasteiger partial charge < -0.3 is 14.8 Å². The molecular formula is C20H23ClN2O5S. The van der Waals surface area contributed by atoms with E-state index in [-0.39, 0.29) is 41.2 Å². The van der Waals surface area contributed by atoms with Crippen molar-refractivity contribution >= 4 is 27.5 Å². The molecule has 29 heavy (non-hydrogen) atoms. The molecule has 2 aromatic carbocycles. The fourth-order valence-corrected chi connectivity index (χ4v) is 4.78. The van der Waals surface area contributed by atoms with E-state index in [1.54, 1.807) is 18.2 Å². The highest BCUT2D eigenvalue weighted by molar-refractivity contribution is 7.89. The van der Waals surface area contributed by atoms with Crippen LogP contribution in [0.15, 0.2) is 47.4 Å². The molecule has 1 saturated heterocycles. The van der Waals surface area contributed by atoms with Crippen LogP contribution < -0.4 is 10.1 Å². The van der Waals surface area contributed by atoms with Crippen LogP contribution in [0.25, 0.3) is 0 Å². The first-order valence-electron chi connectivity index (χ1n) is 9.15. The number of methoxy groups -OCH3 is 1. The highest BCUT2D eigenvalue weighted by Gasteiger charge is 2.30. The lowest BCUT2D eigenvalue weighted by atomic mass is 10.1. The lowest BCUT2D eigenvalue weighted by molar-refractivity contribution is 0.0729. The SMILES string of the molecule is COc1ccc(C(=O)NC(C)c2ccc(Cl)cc2)cc1S(=O)(=O)N1CCOCC1. The van der Waals surface area contributed by atoms with Crippen molar-refractivity contribution in [2.75, 3.05) is 33.4 Å². The lowest BCUT2D eigenvalue weighted by Gasteiger charge is -2.26. The molecule has 1 aliphatic heterocycles. The summed E-state index contributed by atoms with van der Waals surface area (Å²) in [4.78, 5) is 12.7. The lowest BCUT2D eigenvalue weighted by Crippen LogP contribution is -2.40. The average Bonchev–Trinajstić information content (AvgIpc) is 2.74. The number of nitrogens with zero attached hydrogens (tertiary/aromatic N) is 1. The zero-order chi connectivity index (χ0) is 21.0. The Morgan fingerprint density at radius 2 is 1.83 bits per heavy atom. The van der Waals surface area contributed by atoms with E-state index in [4.69, 9.17) is 21.1 Å². The summed E-state index contributed by atoms with van der Waals surface area (Å²) >= 11 is 5.90. The monoisotopic (exact) mass is 438 g/mol. The molecule has 156 valence electrons. The number of nitrogens with one attached hydrogen (secondary N) is 1. The Balaban J connectivity index is 1.85. The molecule has 0 radical (unpaired) electrons. The molecule has 0 bridgehead atoms. The van der Waals surface area contributed by atoms with Crippen molar-refractivity contribution in [1.82, 2.24) is 9.62 Å². The molecule has 1 fully saturated rings. The summed E-state index contributed by atoms with van der Waals surface area (Å²) in [5, 5.41) is 3.49. The van der Waals surface area contributed by atoms with Gasteiger partial charge in [0.05, 0.1) is 26.4 Å². The minimum absolute atomic E-state index is 0.0336. The van der Waals surface area contributed by atoms with Crippen molar-refractivity contribution in [1.29, 1.82) is 0 Å². The zero-order valence-electron chi connectivity index (χ0n) is 16.2. The third kappa shape index (κ3) is 4.90. The van der Waals surface area contributed by atoms with Crippen LogP contribution >= 0.6 is 11.6 Å². The number of morpholine rings is 1. The van der Waals surface area contributed by atoms with Gasteiger partial charge in [0.25, 0.3) is 5.91 Å². The first kappa shape index (κ1) is 21.6. The Hall–Kier alpha value is -2.13. The standard InChI is InChI=1S/C20H23ClN2O5S/c1-14(15-3-6-17(21)7-4-15)22-20(24)16-5-8-18(27-2)19(13-16)29(25,26)23-9-11-28-12-10-23/h3-8,13-14H,9-12H2,1-2H3,(H,22,24). The maximum absolute atomic E-state index is 13.1. The number of hydrogen-bond acceptors (Lipinski definition) is 5. The van der Waals surface area contributed by atoms with Gasteiger partial charge >= 0.3 is 0 Å². The molecule has 3 rings (SSSR count). The quantitative estimate of drug-likeness (QED) is 0.749. The number of carbonyl (C=O) groups excluding carboxylic acids is 1. The Morgan fingerprint density at radius 3 is 2.45 bits per heavy atom. The summed E-state index contributed by atoms with van der Waals surface area (Å²) in [5.41, 5.74) is 1.12. The Kier molecular flexibility index (Phi) is 6.79. The zero-order valence-corrected chi connectivity index (χ0v) is 17.8. The molecule has 1 unspecified atom stereocenters. The molecule has 2 aromatic rings. The molecule has 7 nitrogen and oxygen atoms in total. The van der Waals surface area contributed by atoms with Crippen molar-refractivity contribution in [3.63, 3.8) is 0 Å². The molecule has 1 amide bonds. The van der Waals surface area contributed by atoms with Crippen molar-refractivity contribution in [3.05, 3.63) is 58.6 Å². The number of benzene rings is 2.